The molecular weight excluding hydrogens is 370 g/mol. The quantitative estimate of drug-likeness (QED) is 0.660. The molecule has 8 nitrogen and oxygen atoms in total. The summed E-state index contributed by atoms with van der Waals surface area (Å²) in [5.74, 6) is -0.238. The number of carbonyl (C=O) groups excluding carboxylic acids is 2. The predicted octanol–water partition coefficient (Wildman–Crippen LogP) is 3.12. The van der Waals surface area contributed by atoms with Crippen molar-refractivity contribution in [3.8, 4) is 0 Å². The monoisotopic (exact) mass is 401 g/mol. The Bertz CT molecular complexity index is 857. The number of nitrogens with zero attached hydrogens (tertiary/aromatic N) is 3. The van der Waals surface area contributed by atoms with E-state index in [2.05, 4.69) is 27.6 Å². The van der Waals surface area contributed by atoms with Gasteiger partial charge >= 0.3 is 5.97 Å². The summed E-state index contributed by atoms with van der Waals surface area (Å²) in [4.78, 5) is 28.9. The van der Waals surface area contributed by atoms with Gasteiger partial charge < -0.3 is 15.4 Å². The van der Waals surface area contributed by atoms with Gasteiger partial charge in [0.1, 0.15) is 6.54 Å². The fraction of sp³-hybridized carbons (Fsp3) is 0.619. The Labute approximate surface area is 171 Å². The molecule has 1 fully saturated rings. The van der Waals surface area contributed by atoms with Crippen LogP contribution in [0.1, 0.15) is 63.2 Å². The smallest absolute Gasteiger partial charge is 0.325 e. The molecule has 0 aliphatic heterocycles. The molecule has 158 valence electrons. The van der Waals surface area contributed by atoms with Crippen molar-refractivity contribution in [3.05, 3.63) is 18.0 Å². The van der Waals surface area contributed by atoms with Crippen LogP contribution in [0.25, 0.3) is 11.0 Å². The summed E-state index contributed by atoms with van der Waals surface area (Å²) in [6, 6.07) is 0.225. The minimum absolute atomic E-state index is 0.170. The van der Waals surface area contributed by atoms with E-state index in [0.717, 1.165) is 16.7 Å². The van der Waals surface area contributed by atoms with Crippen LogP contribution in [0.15, 0.2) is 12.4 Å². The highest BCUT2D eigenvalue weighted by Gasteiger charge is 2.24. The second-order valence-corrected chi connectivity index (χ2v) is 7.56. The van der Waals surface area contributed by atoms with Gasteiger partial charge in [0.2, 0.25) is 0 Å². The van der Waals surface area contributed by atoms with Crippen LogP contribution in [0.4, 0.5) is 5.69 Å². The number of fused-ring (bicyclic) bond motifs is 1. The fourth-order valence-corrected chi connectivity index (χ4v) is 4.03. The minimum atomic E-state index is -0.459. The molecule has 2 N–H and O–H groups in total. The third-order valence-corrected chi connectivity index (χ3v) is 5.64. The molecule has 1 amide bonds. The number of aromatic nitrogens is 3. The lowest BCUT2D eigenvalue weighted by atomic mass is 9.84. The Hall–Kier alpha value is -2.64. The first kappa shape index (κ1) is 21.1. The molecule has 1 aliphatic carbocycles. The Morgan fingerprint density at radius 1 is 1.24 bits per heavy atom. The standard InChI is InChI=1S/C21H31N5O3/c1-4-26-20-16(12-24-26)19(25-14(3)15-9-7-6-8-10-15)17(11-22-20)21(28)23-13-18(27)29-5-2/h11-12,14-15H,4-10,13H2,1-3H3,(H,22,25)(H,23,28). The molecule has 0 aromatic carbocycles. The topological polar surface area (TPSA) is 98.1 Å². The van der Waals surface area contributed by atoms with E-state index < -0.39 is 5.97 Å². The van der Waals surface area contributed by atoms with Gasteiger partial charge in [-0.15, -0.1) is 0 Å². The maximum atomic E-state index is 12.8. The third-order valence-electron chi connectivity index (χ3n) is 5.64. The van der Waals surface area contributed by atoms with Crippen LogP contribution < -0.4 is 10.6 Å². The van der Waals surface area contributed by atoms with Gasteiger partial charge in [-0.2, -0.15) is 5.10 Å². The van der Waals surface area contributed by atoms with E-state index in [1.807, 2.05) is 11.6 Å². The van der Waals surface area contributed by atoms with Crippen LogP contribution >= 0.6 is 0 Å². The summed E-state index contributed by atoms with van der Waals surface area (Å²) in [6.45, 7) is 6.72. The molecule has 3 rings (SSSR count). The van der Waals surface area contributed by atoms with Crippen LogP contribution in [0, 0.1) is 5.92 Å². The van der Waals surface area contributed by atoms with Gasteiger partial charge in [-0.1, -0.05) is 19.3 Å². The van der Waals surface area contributed by atoms with Crippen LogP contribution in [-0.4, -0.2) is 45.8 Å². The summed E-state index contributed by atoms with van der Waals surface area (Å²) in [5.41, 5.74) is 1.89. The molecule has 29 heavy (non-hydrogen) atoms. The second-order valence-electron chi connectivity index (χ2n) is 7.56. The highest BCUT2D eigenvalue weighted by molar-refractivity contribution is 6.07. The number of nitrogens with one attached hydrogen (secondary N) is 2. The zero-order valence-electron chi connectivity index (χ0n) is 17.5. The summed E-state index contributed by atoms with van der Waals surface area (Å²) in [7, 11) is 0. The van der Waals surface area contributed by atoms with Crippen LogP contribution in [0.5, 0.6) is 0 Å². The molecule has 0 spiro atoms. The first-order valence-corrected chi connectivity index (χ1v) is 10.6. The van der Waals surface area contributed by atoms with Crippen molar-refractivity contribution in [2.75, 3.05) is 18.5 Å². The number of hydrogen-bond acceptors (Lipinski definition) is 6. The number of amides is 1. The Kier molecular flexibility index (Phi) is 7.06. The van der Waals surface area contributed by atoms with E-state index in [1.54, 1.807) is 19.3 Å². The molecule has 2 aromatic rings. The van der Waals surface area contributed by atoms with Crippen molar-refractivity contribution in [2.24, 2.45) is 5.92 Å². The van der Waals surface area contributed by atoms with Gasteiger partial charge in [0.15, 0.2) is 5.65 Å². The normalized spacial score (nSPS) is 15.8. The van der Waals surface area contributed by atoms with Gasteiger partial charge in [-0.25, -0.2) is 9.67 Å². The number of pyridine rings is 1. The maximum absolute atomic E-state index is 12.8. The molecule has 1 atom stereocenters. The Morgan fingerprint density at radius 3 is 2.69 bits per heavy atom. The van der Waals surface area contributed by atoms with Crippen LogP contribution in [0.2, 0.25) is 0 Å². The molecule has 2 heterocycles. The van der Waals surface area contributed by atoms with Crippen molar-refractivity contribution in [2.45, 2.75) is 65.5 Å². The molecule has 1 aliphatic rings. The SMILES string of the molecule is CCOC(=O)CNC(=O)c1cnc2c(cnn2CC)c1NC(C)C1CCCCC1. The van der Waals surface area contributed by atoms with Gasteiger partial charge in [0.25, 0.3) is 5.91 Å². The van der Waals surface area contributed by atoms with Gasteiger partial charge in [0, 0.05) is 18.8 Å². The average Bonchev–Trinajstić information content (AvgIpc) is 3.16. The number of ether oxygens (including phenoxy) is 1. The molecule has 0 radical (unpaired) electrons. The molecule has 2 aromatic heterocycles. The van der Waals surface area contributed by atoms with Crippen molar-refractivity contribution in [1.82, 2.24) is 20.1 Å². The highest BCUT2D eigenvalue weighted by Crippen LogP contribution is 2.31. The van der Waals surface area contributed by atoms with Crippen molar-refractivity contribution in [1.29, 1.82) is 0 Å². The maximum Gasteiger partial charge on any atom is 0.325 e. The van der Waals surface area contributed by atoms with E-state index in [4.69, 9.17) is 4.74 Å². The Balaban J connectivity index is 1.88. The number of hydrogen-bond donors (Lipinski definition) is 2. The van der Waals surface area contributed by atoms with E-state index in [-0.39, 0.29) is 25.1 Å². The van der Waals surface area contributed by atoms with Crippen LogP contribution in [0.3, 0.4) is 0 Å². The molecule has 1 saturated carbocycles. The number of esters is 1. The Morgan fingerprint density at radius 2 is 2.00 bits per heavy atom. The van der Waals surface area contributed by atoms with E-state index in [9.17, 15) is 9.59 Å². The number of rotatable bonds is 8. The zero-order chi connectivity index (χ0) is 20.8. The third kappa shape index (κ3) is 4.86. The first-order chi connectivity index (χ1) is 14.0. The lowest BCUT2D eigenvalue weighted by molar-refractivity contribution is -0.141. The zero-order valence-corrected chi connectivity index (χ0v) is 17.5. The van der Waals surface area contributed by atoms with Gasteiger partial charge in [0.05, 0.1) is 29.4 Å². The largest absolute Gasteiger partial charge is 0.465 e. The first-order valence-electron chi connectivity index (χ1n) is 10.6. The average molecular weight is 402 g/mol. The number of anilines is 1. The predicted molar refractivity (Wildman–Crippen MR) is 112 cm³/mol. The van der Waals surface area contributed by atoms with Crippen molar-refractivity contribution >= 4 is 28.6 Å². The lowest BCUT2D eigenvalue weighted by Crippen LogP contribution is -2.33. The summed E-state index contributed by atoms with van der Waals surface area (Å²) < 4.78 is 6.70. The molecule has 0 saturated heterocycles. The van der Waals surface area contributed by atoms with Crippen molar-refractivity contribution in [3.63, 3.8) is 0 Å². The van der Waals surface area contributed by atoms with Gasteiger partial charge in [-0.3, -0.25) is 9.59 Å². The second kappa shape index (κ2) is 9.71. The lowest BCUT2D eigenvalue weighted by Gasteiger charge is -2.29. The summed E-state index contributed by atoms with van der Waals surface area (Å²) >= 11 is 0. The van der Waals surface area contributed by atoms with E-state index in [0.29, 0.717) is 18.0 Å². The molecule has 0 bridgehead atoms. The van der Waals surface area contributed by atoms with E-state index in [1.165, 1.54) is 32.1 Å². The number of aryl methyl sites for hydroxylation is 1. The highest BCUT2D eigenvalue weighted by atomic mass is 16.5. The minimum Gasteiger partial charge on any atom is -0.465 e. The van der Waals surface area contributed by atoms with Gasteiger partial charge in [-0.05, 0) is 39.5 Å². The molecule has 1 unspecified atom stereocenters. The summed E-state index contributed by atoms with van der Waals surface area (Å²) in [5, 5.41) is 11.4. The fourth-order valence-electron chi connectivity index (χ4n) is 4.03. The van der Waals surface area contributed by atoms with Crippen LogP contribution in [-0.2, 0) is 16.1 Å². The number of carbonyl (C=O) groups is 2. The summed E-state index contributed by atoms with van der Waals surface area (Å²) in [6.07, 6.45) is 9.51. The molecule has 8 heteroatoms. The molecular formula is C21H31N5O3. The van der Waals surface area contributed by atoms with Crippen molar-refractivity contribution < 1.29 is 14.3 Å². The van der Waals surface area contributed by atoms with E-state index >= 15 is 0 Å².